The summed E-state index contributed by atoms with van der Waals surface area (Å²) < 4.78 is 34.0. The average Bonchev–Trinajstić information content (AvgIpc) is 3.42. The minimum atomic E-state index is -0.0986. The van der Waals surface area contributed by atoms with Gasteiger partial charge >= 0.3 is 0 Å². The van der Waals surface area contributed by atoms with Gasteiger partial charge in [0.25, 0.3) is 0 Å². The van der Waals surface area contributed by atoms with Crippen molar-refractivity contribution in [2.45, 2.75) is 12.2 Å². The summed E-state index contributed by atoms with van der Waals surface area (Å²) in [4.78, 5) is 0. The Morgan fingerprint density at radius 3 is 1.54 bits per heavy atom. The Morgan fingerprint density at radius 1 is 0.577 bits per heavy atom. The third-order valence-corrected chi connectivity index (χ3v) is 5.26. The molecule has 0 aliphatic carbocycles. The van der Waals surface area contributed by atoms with E-state index in [2.05, 4.69) is 0 Å². The number of benzene rings is 2. The second-order valence-electron chi connectivity index (χ2n) is 6.66. The molecule has 0 radical (unpaired) electrons. The van der Waals surface area contributed by atoms with Gasteiger partial charge in [-0.25, -0.2) is 0 Å². The first-order valence-corrected chi connectivity index (χ1v) is 8.61. The number of hydrogen-bond acceptors (Lipinski definition) is 6. The molecule has 0 saturated carbocycles. The predicted molar refractivity (Wildman–Crippen MR) is 89.5 cm³/mol. The number of rotatable bonds is 2. The number of fused-ring (bicyclic) bond motifs is 2. The monoisotopic (exact) mass is 352 g/mol. The van der Waals surface area contributed by atoms with Gasteiger partial charge in [0.15, 0.2) is 23.0 Å². The van der Waals surface area contributed by atoms with Gasteiger partial charge in [-0.2, -0.15) is 0 Å². The summed E-state index contributed by atoms with van der Waals surface area (Å²) in [5.74, 6) is 3.10. The highest BCUT2D eigenvalue weighted by Gasteiger charge is 2.38. The van der Waals surface area contributed by atoms with Crippen LogP contribution in [0, 0.1) is 0 Å². The molecule has 132 valence electrons. The van der Waals surface area contributed by atoms with Crippen LogP contribution in [0.1, 0.15) is 23.3 Å². The molecule has 6 nitrogen and oxygen atoms in total. The van der Waals surface area contributed by atoms with Gasteiger partial charge in [0.2, 0.25) is 13.6 Å². The number of hydrogen-bond donors (Lipinski definition) is 0. The Morgan fingerprint density at radius 2 is 1.04 bits per heavy atom. The summed E-state index contributed by atoms with van der Waals surface area (Å²) in [6, 6.07) is 11.9. The Kier molecular flexibility index (Phi) is 3.00. The summed E-state index contributed by atoms with van der Waals surface area (Å²) in [7, 11) is 0. The Labute approximate surface area is 149 Å². The highest BCUT2D eigenvalue weighted by molar-refractivity contribution is 5.50. The van der Waals surface area contributed by atoms with E-state index in [0.29, 0.717) is 13.2 Å². The summed E-state index contributed by atoms with van der Waals surface area (Å²) >= 11 is 0. The molecule has 0 bridgehead atoms. The fourth-order valence-electron chi connectivity index (χ4n) is 3.97. The van der Waals surface area contributed by atoms with E-state index in [1.54, 1.807) is 0 Å². The molecule has 26 heavy (non-hydrogen) atoms. The van der Waals surface area contributed by atoms with Crippen LogP contribution in [0.3, 0.4) is 0 Å². The van der Waals surface area contributed by atoms with Gasteiger partial charge in [0.1, 0.15) is 12.2 Å². The molecule has 0 aromatic heterocycles. The van der Waals surface area contributed by atoms with Gasteiger partial charge in [-0.05, 0) is 46.5 Å². The fourth-order valence-corrected chi connectivity index (χ4v) is 3.97. The zero-order valence-corrected chi connectivity index (χ0v) is 13.9. The molecule has 4 aliphatic rings. The smallest absolute Gasteiger partial charge is 0.231 e. The molecule has 0 amide bonds. The van der Waals surface area contributed by atoms with E-state index in [1.165, 1.54) is 11.1 Å². The molecule has 2 atom stereocenters. The van der Waals surface area contributed by atoms with Crippen molar-refractivity contribution in [3.05, 3.63) is 58.7 Å². The van der Waals surface area contributed by atoms with Gasteiger partial charge in [-0.3, -0.25) is 0 Å². The third-order valence-electron chi connectivity index (χ3n) is 5.26. The fraction of sp³-hybridized carbons (Fsp3) is 0.300. The summed E-state index contributed by atoms with van der Waals surface area (Å²) in [6.07, 6.45) is -0.197. The molecule has 4 heterocycles. The van der Waals surface area contributed by atoms with E-state index in [1.807, 2.05) is 36.4 Å². The van der Waals surface area contributed by atoms with Gasteiger partial charge in [0, 0.05) is 0 Å². The van der Waals surface area contributed by atoms with Crippen LogP contribution in [-0.2, 0) is 9.47 Å². The lowest BCUT2D eigenvalue weighted by molar-refractivity contribution is 0.0554. The molecular weight excluding hydrogens is 336 g/mol. The van der Waals surface area contributed by atoms with E-state index in [-0.39, 0.29) is 25.8 Å². The SMILES string of the molecule is c1cc2c(cc1C1OCC3=C1COC3c1ccc3c(c1)OCO3)OCO2. The van der Waals surface area contributed by atoms with Crippen LogP contribution in [0.2, 0.25) is 0 Å². The Bertz CT molecular complexity index is 858. The van der Waals surface area contributed by atoms with Gasteiger partial charge in [-0.15, -0.1) is 0 Å². The topological polar surface area (TPSA) is 55.4 Å². The Hall–Kier alpha value is -2.70. The van der Waals surface area contributed by atoms with Crippen molar-refractivity contribution in [2.75, 3.05) is 26.8 Å². The van der Waals surface area contributed by atoms with E-state index in [9.17, 15) is 0 Å². The largest absolute Gasteiger partial charge is 0.454 e. The van der Waals surface area contributed by atoms with Crippen LogP contribution in [-0.4, -0.2) is 26.8 Å². The molecule has 6 rings (SSSR count). The highest BCUT2D eigenvalue weighted by Crippen LogP contribution is 2.48. The minimum absolute atomic E-state index is 0.0986. The van der Waals surface area contributed by atoms with E-state index in [4.69, 9.17) is 28.4 Å². The van der Waals surface area contributed by atoms with Crippen molar-refractivity contribution < 1.29 is 28.4 Å². The van der Waals surface area contributed by atoms with Crippen LogP contribution >= 0.6 is 0 Å². The maximum atomic E-state index is 6.10. The number of ether oxygens (including phenoxy) is 6. The molecule has 2 unspecified atom stereocenters. The quantitative estimate of drug-likeness (QED) is 0.773. The van der Waals surface area contributed by atoms with E-state index in [0.717, 1.165) is 34.1 Å². The molecule has 0 N–H and O–H groups in total. The van der Waals surface area contributed by atoms with Crippen molar-refractivity contribution in [3.8, 4) is 23.0 Å². The van der Waals surface area contributed by atoms with Crippen LogP contribution in [0.15, 0.2) is 47.5 Å². The van der Waals surface area contributed by atoms with Gasteiger partial charge in [0.05, 0.1) is 13.2 Å². The first-order valence-electron chi connectivity index (χ1n) is 8.61. The maximum absolute atomic E-state index is 6.10. The van der Waals surface area contributed by atoms with Crippen LogP contribution < -0.4 is 18.9 Å². The van der Waals surface area contributed by atoms with E-state index >= 15 is 0 Å². The summed E-state index contributed by atoms with van der Waals surface area (Å²) in [6.45, 7) is 1.67. The van der Waals surface area contributed by atoms with Gasteiger partial charge in [-0.1, -0.05) is 12.1 Å². The van der Waals surface area contributed by atoms with Crippen molar-refractivity contribution in [1.82, 2.24) is 0 Å². The second-order valence-corrected chi connectivity index (χ2v) is 6.66. The molecular formula is C20H16O6. The molecule has 2 aromatic carbocycles. The zero-order chi connectivity index (χ0) is 17.1. The van der Waals surface area contributed by atoms with Crippen molar-refractivity contribution in [3.63, 3.8) is 0 Å². The third kappa shape index (κ3) is 2.06. The first kappa shape index (κ1) is 14.5. The summed E-state index contributed by atoms with van der Waals surface area (Å²) in [5.41, 5.74) is 4.53. The van der Waals surface area contributed by atoms with Crippen LogP contribution in [0.5, 0.6) is 23.0 Å². The zero-order valence-electron chi connectivity index (χ0n) is 13.9. The molecule has 4 aliphatic heterocycles. The molecule has 6 heteroatoms. The van der Waals surface area contributed by atoms with Crippen molar-refractivity contribution in [2.24, 2.45) is 0 Å². The normalized spacial score (nSPS) is 25.1. The predicted octanol–water partition coefficient (Wildman–Crippen LogP) is 3.28. The Balaban J connectivity index is 1.33. The minimum Gasteiger partial charge on any atom is -0.454 e. The van der Waals surface area contributed by atoms with Crippen molar-refractivity contribution in [1.29, 1.82) is 0 Å². The van der Waals surface area contributed by atoms with E-state index < -0.39 is 0 Å². The van der Waals surface area contributed by atoms with Crippen LogP contribution in [0.4, 0.5) is 0 Å². The lowest BCUT2D eigenvalue weighted by Gasteiger charge is -2.17. The van der Waals surface area contributed by atoms with Crippen LogP contribution in [0.25, 0.3) is 0 Å². The molecule has 2 aromatic rings. The average molecular weight is 352 g/mol. The molecule has 0 fully saturated rings. The second kappa shape index (κ2) is 5.40. The molecule has 0 saturated heterocycles. The maximum Gasteiger partial charge on any atom is 0.231 e. The van der Waals surface area contributed by atoms with Crippen molar-refractivity contribution >= 4 is 0 Å². The lowest BCUT2D eigenvalue weighted by atomic mass is 9.96. The first-order chi connectivity index (χ1) is 12.9. The highest BCUT2D eigenvalue weighted by atomic mass is 16.7. The van der Waals surface area contributed by atoms with Gasteiger partial charge < -0.3 is 28.4 Å². The summed E-state index contributed by atoms with van der Waals surface area (Å²) in [5, 5.41) is 0. The lowest BCUT2D eigenvalue weighted by Crippen LogP contribution is -2.08. The standard InChI is InChI=1S/C20H16O6/c1-3-15-17(25-9-23-15)5-11(1)19-13-7-22-20(14(13)8-21-19)12-2-4-16-18(6-12)26-10-24-16/h1-6,19-20H,7-10H2. The molecule has 0 spiro atoms.